The summed E-state index contributed by atoms with van der Waals surface area (Å²) in [6, 6.07) is 8.36. The molecule has 4 rings (SSSR count). The van der Waals surface area contributed by atoms with Crippen LogP contribution >= 0.6 is 11.6 Å². The number of benzene rings is 1. The van der Waals surface area contributed by atoms with Gasteiger partial charge in [-0.1, -0.05) is 17.7 Å². The third kappa shape index (κ3) is 3.16. The Kier molecular flexibility index (Phi) is 4.72. The average molecular weight is 347 g/mol. The number of fused-ring (bicyclic) bond motifs is 1. The molecule has 0 spiro atoms. The van der Waals surface area contributed by atoms with Crippen LogP contribution in [0, 0.1) is 5.92 Å². The van der Waals surface area contributed by atoms with Crippen LogP contribution in [0.1, 0.15) is 24.8 Å². The molecule has 0 aliphatic carbocycles. The molecule has 2 aliphatic rings. The molecule has 3 heterocycles. The highest BCUT2D eigenvalue weighted by molar-refractivity contribution is 6.31. The minimum absolute atomic E-state index is 0.208. The molecule has 0 amide bonds. The quantitative estimate of drug-likeness (QED) is 0.926. The Labute approximate surface area is 147 Å². The van der Waals surface area contributed by atoms with Crippen LogP contribution in [0.15, 0.2) is 30.5 Å². The molecule has 4 nitrogen and oxygen atoms in total. The molecule has 0 unspecified atom stereocenters. The summed E-state index contributed by atoms with van der Waals surface area (Å²) in [6.45, 7) is 3.21. The second-order valence-electron chi connectivity index (χ2n) is 6.91. The summed E-state index contributed by atoms with van der Waals surface area (Å²) in [7, 11) is 0. The van der Waals surface area contributed by atoms with E-state index >= 15 is 0 Å². The van der Waals surface area contributed by atoms with Gasteiger partial charge in [-0.3, -0.25) is 9.88 Å². The summed E-state index contributed by atoms with van der Waals surface area (Å²) in [5, 5.41) is 12.2. The van der Waals surface area contributed by atoms with Crippen LogP contribution in [0.4, 0.5) is 0 Å². The predicted molar refractivity (Wildman–Crippen MR) is 95.1 cm³/mol. The monoisotopic (exact) mass is 346 g/mol. The number of rotatable bonds is 3. The summed E-state index contributed by atoms with van der Waals surface area (Å²) >= 11 is 6.31. The Morgan fingerprint density at radius 3 is 3.12 bits per heavy atom. The van der Waals surface area contributed by atoms with E-state index in [9.17, 15) is 5.11 Å². The maximum atomic E-state index is 10.4. The number of ether oxygens (including phenoxy) is 1. The van der Waals surface area contributed by atoms with E-state index in [1.165, 1.54) is 6.42 Å². The van der Waals surface area contributed by atoms with Crippen molar-refractivity contribution >= 4 is 22.5 Å². The first kappa shape index (κ1) is 16.3. The Morgan fingerprint density at radius 1 is 1.33 bits per heavy atom. The van der Waals surface area contributed by atoms with Gasteiger partial charge in [-0.2, -0.15) is 0 Å². The molecule has 5 heteroatoms. The topological polar surface area (TPSA) is 45.6 Å². The van der Waals surface area contributed by atoms with Crippen LogP contribution in [-0.4, -0.2) is 46.9 Å². The van der Waals surface area contributed by atoms with Gasteiger partial charge >= 0.3 is 0 Å². The molecular weight excluding hydrogens is 324 g/mol. The third-order valence-corrected chi connectivity index (χ3v) is 5.61. The van der Waals surface area contributed by atoms with Gasteiger partial charge in [0.15, 0.2) is 0 Å². The molecule has 2 aliphatic heterocycles. The number of hydrogen-bond donors (Lipinski definition) is 1. The summed E-state index contributed by atoms with van der Waals surface area (Å²) in [5.74, 6) is 0.208. The smallest absolute Gasteiger partial charge is 0.0747 e. The fourth-order valence-corrected chi connectivity index (χ4v) is 4.47. The van der Waals surface area contributed by atoms with Crippen LogP contribution in [0.2, 0.25) is 5.02 Å². The van der Waals surface area contributed by atoms with Gasteiger partial charge in [0, 0.05) is 41.7 Å². The zero-order valence-electron chi connectivity index (χ0n) is 13.7. The van der Waals surface area contributed by atoms with E-state index < -0.39 is 0 Å². The fourth-order valence-electron chi connectivity index (χ4n) is 4.22. The molecule has 1 aromatic carbocycles. The van der Waals surface area contributed by atoms with Crippen molar-refractivity contribution in [2.75, 3.05) is 19.8 Å². The Bertz CT molecular complexity index is 724. The summed E-state index contributed by atoms with van der Waals surface area (Å²) < 4.78 is 5.63. The highest BCUT2D eigenvalue weighted by Crippen LogP contribution is 2.32. The molecule has 128 valence electrons. The molecule has 1 aromatic heterocycles. The normalized spacial score (nSPS) is 28.5. The van der Waals surface area contributed by atoms with E-state index in [4.69, 9.17) is 16.3 Å². The van der Waals surface area contributed by atoms with E-state index in [-0.39, 0.29) is 12.0 Å². The van der Waals surface area contributed by atoms with Crippen molar-refractivity contribution < 1.29 is 9.84 Å². The molecule has 3 atom stereocenters. The molecule has 2 aromatic rings. The lowest BCUT2D eigenvalue weighted by atomic mass is 9.89. The van der Waals surface area contributed by atoms with Gasteiger partial charge in [0.1, 0.15) is 0 Å². The van der Waals surface area contributed by atoms with Crippen molar-refractivity contribution in [1.29, 1.82) is 0 Å². The van der Waals surface area contributed by atoms with Crippen molar-refractivity contribution in [3.05, 3.63) is 41.0 Å². The number of pyridine rings is 1. The molecule has 2 saturated heterocycles. The van der Waals surface area contributed by atoms with Gasteiger partial charge in [0.2, 0.25) is 0 Å². The van der Waals surface area contributed by atoms with Crippen LogP contribution in [-0.2, 0) is 11.3 Å². The van der Waals surface area contributed by atoms with Gasteiger partial charge in [0.25, 0.3) is 0 Å². The maximum absolute atomic E-state index is 10.4. The third-order valence-electron chi connectivity index (χ3n) is 5.39. The molecule has 0 saturated carbocycles. The highest BCUT2D eigenvalue weighted by atomic mass is 35.5. The number of hydrogen-bond acceptors (Lipinski definition) is 4. The summed E-state index contributed by atoms with van der Waals surface area (Å²) in [5.41, 5.74) is 2.18. The zero-order valence-corrected chi connectivity index (χ0v) is 14.5. The number of aromatic nitrogens is 1. The van der Waals surface area contributed by atoms with Crippen molar-refractivity contribution in [3.8, 4) is 0 Å². The minimum atomic E-state index is -0.251. The largest absolute Gasteiger partial charge is 0.393 e. The van der Waals surface area contributed by atoms with E-state index in [0.717, 1.165) is 47.4 Å². The Balaban J connectivity index is 1.60. The van der Waals surface area contributed by atoms with E-state index in [1.807, 2.05) is 24.4 Å². The van der Waals surface area contributed by atoms with Crippen LogP contribution in [0.5, 0.6) is 0 Å². The standard InChI is InChI=1S/C19H23ClN2O2/c20-15-9-13-3-1-6-21-19(13)14(10-15)11-22-7-2-4-17(22)16-12-24-8-5-18(16)23/h1,3,6,9-10,16-18,23H,2,4-5,7-8,11-12H2/t16-,17+,18-/m1/s1. The number of aliphatic hydroxyl groups excluding tert-OH is 1. The van der Waals surface area contributed by atoms with E-state index in [1.54, 1.807) is 0 Å². The lowest BCUT2D eigenvalue weighted by molar-refractivity contribution is -0.0635. The van der Waals surface area contributed by atoms with Crippen LogP contribution in [0.3, 0.4) is 0 Å². The van der Waals surface area contributed by atoms with Crippen molar-refractivity contribution in [2.24, 2.45) is 5.92 Å². The molecular formula is C19H23ClN2O2. The fraction of sp³-hybridized carbons (Fsp3) is 0.526. The predicted octanol–water partition coefficient (Wildman–Crippen LogP) is 3.25. The second kappa shape index (κ2) is 6.96. The van der Waals surface area contributed by atoms with E-state index in [0.29, 0.717) is 19.3 Å². The van der Waals surface area contributed by atoms with E-state index in [2.05, 4.69) is 16.0 Å². The van der Waals surface area contributed by atoms with Crippen LogP contribution < -0.4 is 0 Å². The molecule has 2 fully saturated rings. The first-order valence-electron chi connectivity index (χ1n) is 8.75. The van der Waals surface area contributed by atoms with Gasteiger partial charge in [-0.05, 0) is 49.6 Å². The first-order chi connectivity index (χ1) is 11.7. The number of likely N-dealkylation sites (tertiary alicyclic amines) is 1. The van der Waals surface area contributed by atoms with Crippen molar-refractivity contribution in [1.82, 2.24) is 9.88 Å². The Morgan fingerprint density at radius 2 is 2.25 bits per heavy atom. The highest BCUT2D eigenvalue weighted by Gasteiger charge is 2.37. The maximum Gasteiger partial charge on any atom is 0.0747 e. The molecule has 1 N–H and O–H groups in total. The zero-order chi connectivity index (χ0) is 16.5. The number of aliphatic hydroxyl groups is 1. The lowest BCUT2D eigenvalue weighted by Crippen LogP contribution is -2.45. The number of nitrogens with zero attached hydrogens (tertiary/aromatic N) is 2. The van der Waals surface area contributed by atoms with Crippen LogP contribution in [0.25, 0.3) is 10.9 Å². The number of halogens is 1. The average Bonchev–Trinajstić information content (AvgIpc) is 3.03. The molecule has 0 bridgehead atoms. The molecule has 24 heavy (non-hydrogen) atoms. The van der Waals surface area contributed by atoms with Crippen molar-refractivity contribution in [3.63, 3.8) is 0 Å². The lowest BCUT2D eigenvalue weighted by Gasteiger charge is -2.37. The van der Waals surface area contributed by atoms with Gasteiger partial charge in [-0.15, -0.1) is 0 Å². The molecule has 0 radical (unpaired) electrons. The summed E-state index contributed by atoms with van der Waals surface area (Å²) in [4.78, 5) is 7.03. The summed E-state index contributed by atoms with van der Waals surface area (Å²) in [6.07, 6.45) is 4.62. The second-order valence-corrected chi connectivity index (χ2v) is 7.35. The van der Waals surface area contributed by atoms with Gasteiger partial charge < -0.3 is 9.84 Å². The van der Waals surface area contributed by atoms with Gasteiger partial charge in [-0.25, -0.2) is 0 Å². The Hall–Kier alpha value is -1.20. The van der Waals surface area contributed by atoms with Crippen molar-refractivity contribution in [2.45, 2.75) is 38.0 Å². The van der Waals surface area contributed by atoms with Gasteiger partial charge in [0.05, 0.1) is 18.2 Å². The SMILES string of the molecule is O[C@@H]1CCOC[C@@H]1[C@@H]1CCCN1Cc1cc(Cl)cc2cccnc12. The first-order valence-corrected chi connectivity index (χ1v) is 9.13. The minimum Gasteiger partial charge on any atom is -0.393 e.